The first kappa shape index (κ1) is 7.86. The molecule has 0 saturated carbocycles. The summed E-state index contributed by atoms with van der Waals surface area (Å²) < 4.78 is 5.51. The van der Waals surface area contributed by atoms with E-state index in [0.717, 1.165) is 5.42 Å². The first-order valence-electron chi connectivity index (χ1n) is 3.67. The van der Waals surface area contributed by atoms with Crippen LogP contribution in [0.4, 0.5) is 0 Å². The van der Waals surface area contributed by atoms with Gasteiger partial charge in [0.15, 0.2) is 0 Å². The van der Waals surface area contributed by atoms with Crippen LogP contribution in [0.3, 0.4) is 0 Å². The summed E-state index contributed by atoms with van der Waals surface area (Å²) in [5.74, 6) is 2.19. The molecule has 1 heterocycles. The highest BCUT2D eigenvalue weighted by Crippen LogP contribution is 2.18. The lowest BCUT2D eigenvalue weighted by molar-refractivity contribution is 0.650. The Morgan fingerprint density at radius 1 is 1.08 bits per heavy atom. The molecule has 1 atom stereocenters. The summed E-state index contributed by atoms with van der Waals surface area (Å²) >= 11 is 0. The fourth-order valence-corrected chi connectivity index (χ4v) is 2.75. The predicted molar refractivity (Wildman–Crippen MR) is 53.7 cm³/mol. The monoisotopic (exact) mass is 194 g/mol. The summed E-state index contributed by atoms with van der Waals surface area (Å²) in [6.45, 7) is 0. The molecule has 0 aromatic carbocycles. The van der Waals surface area contributed by atoms with E-state index in [-0.39, 0.29) is 0 Å². The van der Waals surface area contributed by atoms with Crippen molar-refractivity contribution in [3.8, 4) is 0 Å². The second kappa shape index (κ2) is 3.76. The van der Waals surface area contributed by atoms with Crippen LogP contribution < -0.4 is 0 Å². The van der Waals surface area contributed by atoms with E-state index < -0.39 is 0 Å². The second-order valence-corrected chi connectivity index (χ2v) is 4.60. The van der Waals surface area contributed by atoms with E-state index >= 15 is 0 Å². The van der Waals surface area contributed by atoms with Crippen LogP contribution in [0.25, 0.3) is 0 Å². The van der Waals surface area contributed by atoms with Gasteiger partial charge < -0.3 is 4.20 Å². The van der Waals surface area contributed by atoms with Crippen molar-refractivity contribution in [1.29, 1.82) is 0 Å². The van der Waals surface area contributed by atoms with Gasteiger partial charge in [-0.1, -0.05) is 30.3 Å². The minimum atomic E-state index is 0.556. The van der Waals surface area contributed by atoms with Gasteiger partial charge in [0, 0.05) is 5.22 Å². The molecule has 0 aromatic rings. The van der Waals surface area contributed by atoms with Crippen molar-refractivity contribution < 1.29 is 4.20 Å². The van der Waals surface area contributed by atoms with E-state index in [1.165, 1.54) is 13.1 Å². The Kier molecular flexibility index (Phi) is 2.46. The van der Waals surface area contributed by atoms with E-state index in [9.17, 15) is 0 Å². The molecule has 60 valence electrons. The van der Waals surface area contributed by atoms with Crippen molar-refractivity contribution in [3.63, 3.8) is 0 Å². The predicted octanol–water partition coefficient (Wildman–Crippen LogP) is 3.74. The van der Waals surface area contributed by atoms with Gasteiger partial charge in [-0.3, -0.25) is 0 Å². The summed E-state index contributed by atoms with van der Waals surface area (Å²) in [7, 11) is 1.82. The first-order valence-corrected chi connectivity index (χ1v) is 6.39. The van der Waals surface area contributed by atoms with Crippen LogP contribution >= 0.6 is 16.0 Å². The third-order valence-electron chi connectivity index (χ3n) is 1.55. The number of hydrogen-bond acceptors (Lipinski definition) is 1. The molecule has 1 aliphatic heterocycles. The normalized spacial score (nSPS) is 11.0. The Labute approximate surface area is 73.6 Å². The highest BCUT2D eigenvalue weighted by atomic mass is 31.8. The zero-order valence-electron chi connectivity index (χ0n) is 6.40. The molecule has 12 heavy (non-hydrogen) atoms. The average Bonchev–Trinajstić information content (AvgIpc) is 2.06. The highest BCUT2D eigenvalue weighted by molar-refractivity contribution is 7.86. The van der Waals surface area contributed by atoms with Crippen molar-refractivity contribution >= 4 is 16.0 Å². The molecule has 0 fully saturated rings. The molecule has 0 aromatic heterocycles. The van der Waals surface area contributed by atoms with Gasteiger partial charge in [-0.25, -0.2) is 0 Å². The third-order valence-corrected chi connectivity index (χ3v) is 3.35. The van der Waals surface area contributed by atoms with Crippen molar-refractivity contribution in [1.82, 2.24) is 0 Å². The van der Waals surface area contributed by atoms with Gasteiger partial charge in [-0.15, -0.1) is 0 Å². The average molecular weight is 194 g/mol. The fraction of sp³-hybridized carbons (Fsp3) is 0. The van der Waals surface area contributed by atoms with Crippen LogP contribution in [-0.4, -0.2) is 0 Å². The Morgan fingerprint density at radius 3 is 2.83 bits per heavy atom. The summed E-state index contributed by atoms with van der Waals surface area (Å²) in [6.07, 6.45) is 0. The van der Waals surface area contributed by atoms with E-state index in [0.29, 0.717) is 8.11 Å². The van der Waals surface area contributed by atoms with Crippen LogP contribution in [-0.2, 0) is 0 Å². The van der Waals surface area contributed by atoms with Crippen LogP contribution in [0.15, 0.2) is 46.4 Å². The Bertz CT molecular complexity index is 413. The lowest BCUT2D eigenvalue weighted by Crippen LogP contribution is -1.65. The number of hydrogen-bond donors (Lipinski definition) is 0. The molecule has 1 unspecified atom stereocenters. The van der Waals surface area contributed by atoms with Gasteiger partial charge in [-0.2, -0.15) is 0 Å². The van der Waals surface area contributed by atoms with E-state index in [1.54, 1.807) is 0 Å². The molecule has 2 rings (SSSR count). The SMILES string of the molecule is c1cccc2o[pH]pcc=2cc1. The van der Waals surface area contributed by atoms with Crippen LogP contribution in [0, 0.1) is 10.6 Å². The molecule has 0 N–H and O–H groups in total. The van der Waals surface area contributed by atoms with Crippen LogP contribution in [0.2, 0.25) is 0 Å². The van der Waals surface area contributed by atoms with Crippen molar-refractivity contribution in [2.75, 3.05) is 0 Å². The molecule has 2 aliphatic rings. The minimum Gasteiger partial charge on any atom is -0.449 e. The fourth-order valence-electron chi connectivity index (χ4n) is 0.980. The molecule has 0 radical (unpaired) electrons. The minimum absolute atomic E-state index is 0.556. The van der Waals surface area contributed by atoms with Crippen LogP contribution in [0.1, 0.15) is 0 Å². The Morgan fingerprint density at radius 2 is 1.92 bits per heavy atom. The Balaban J connectivity index is 2.95. The molecule has 3 heteroatoms. The lowest BCUT2D eigenvalue weighted by atomic mass is 10.3. The Hall–Kier alpha value is -0.770. The summed E-state index contributed by atoms with van der Waals surface area (Å²) in [5.41, 5.74) is 0.993. The summed E-state index contributed by atoms with van der Waals surface area (Å²) in [5, 5.41) is 1.19. The van der Waals surface area contributed by atoms with Gasteiger partial charge in [-0.05, 0) is 19.7 Å². The molecule has 0 amide bonds. The molecular formula is C9H8OP2. The second-order valence-electron chi connectivity index (χ2n) is 2.37. The van der Waals surface area contributed by atoms with E-state index in [4.69, 9.17) is 4.20 Å². The summed E-state index contributed by atoms with van der Waals surface area (Å²) in [4.78, 5) is 0. The maximum absolute atomic E-state index is 5.51. The van der Waals surface area contributed by atoms with Gasteiger partial charge in [0.25, 0.3) is 0 Å². The van der Waals surface area contributed by atoms with E-state index in [1.807, 2.05) is 30.3 Å². The molecule has 0 spiro atoms. The molecule has 1 nitrogen and oxygen atoms in total. The van der Waals surface area contributed by atoms with Gasteiger partial charge in [0.05, 0.1) is 8.11 Å². The van der Waals surface area contributed by atoms with E-state index in [2.05, 4.69) is 11.9 Å². The summed E-state index contributed by atoms with van der Waals surface area (Å²) in [6, 6.07) is 12.1. The van der Waals surface area contributed by atoms with Gasteiger partial charge in [0.1, 0.15) is 5.42 Å². The molecular weight excluding hydrogens is 186 g/mol. The van der Waals surface area contributed by atoms with Crippen molar-refractivity contribution in [3.05, 3.63) is 52.8 Å². The van der Waals surface area contributed by atoms with Crippen LogP contribution in [0.5, 0.6) is 0 Å². The first-order chi connectivity index (χ1) is 5.97. The molecule has 0 bridgehead atoms. The topological polar surface area (TPSA) is 13.1 Å². The zero-order valence-corrected chi connectivity index (χ0v) is 8.29. The number of rotatable bonds is 0. The highest BCUT2D eigenvalue weighted by Gasteiger charge is 1.81. The van der Waals surface area contributed by atoms with Crippen molar-refractivity contribution in [2.24, 2.45) is 0 Å². The van der Waals surface area contributed by atoms with Gasteiger partial charge in [0.2, 0.25) is 0 Å². The zero-order chi connectivity index (χ0) is 8.23. The maximum atomic E-state index is 5.51. The smallest absolute Gasteiger partial charge is 0.138 e. The standard InChI is InChI=1S/C9H8OP2/c1-2-4-6-9-8(5-3-1)7-11-12-10-9/h1-7,12H. The lowest BCUT2D eigenvalue weighted by Gasteiger charge is -1.86. The largest absolute Gasteiger partial charge is 0.449 e. The molecule has 1 aliphatic carbocycles. The third kappa shape index (κ3) is 1.69. The molecule has 0 saturated heterocycles. The quantitative estimate of drug-likeness (QED) is 0.622. The van der Waals surface area contributed by atoms with Crippen molar-refractivity contribution in [2.45, 2.75) is 0 Å². The van der Waals surface area contributed by atoms with Gasteiger partial charge >= 0.3 is 0 Å². The maximum Gasteiger partial charge on any atom is 0.138 e.